The van der Waals surface area contributed by atoms with E-state index in [2.05, 4.69) is 11.8 Å². The first-order valence-corrected chi connectivity index (χ1v) is 7.83. The summed E-state index contributed by atoms with van der Waals surface area (Å²) in [6.07, 6.45) is 9.19. The van der Waals surface area contributed by atoms with Crippen LogP contribution in [0.25, 0.3) is 0 Å². The summed E-state index contributed by atoms with van der Waals surface area (Å²) in [4.78, 5) is 2.74. The summed E-state index contributed by atoms with van der Waals surface area (Å²) in [6, 6.07) is 1.07. The maximum atomic E-state index is 6.02. The average Bonchev–Trinajstić information content (AvgIpc) is 2.56. The maximum Gasteiger partial charge on any atom is 0.0469 e. The van der Waals surface area contributed by atoms with E-state index in [9.17, 15) is 0 Å². The van der Waals surface area contributed by atoms with Gasteiger partial charge >= 0.3 is 0 Å². The van der Waals surface area contributed by atoms with Crippen LogP contribution in [0.2, 0.25) is 0 Å². The van der Waals surface area contributed by atoms with Gasteiger partial charge in [-0.05, 0) is 51.5 Å². The average molecular weight is 254 g/mol. The first-order valence-electron chi connectivity index (χ1n) is 7.83. The second kappa shape index (κ2) is 7.46. The largest absolute Gasteiger partial charge is 0.381 e. The molecule has 0 aromatic rings. The van der Waals surface area contributed by atoms with Crippen LogP contribution in [0, 0.1) is 5.92 Å². The van der Waals surface area contributed by atoms with E-state index in [0.29, 0.717) is 6.04 Å². The Labute approximate surface area is 112 Å². The molecule has 2 unspecified atom stereocenters. The van der Waals surface area contributed by atoms with Crippen LogP contribution in [0.15, 0.2) is 0 Å². The number of hydrogen-bond donors (Lipinski definition) is 1. The van der Waals surface area contributed by atoms with Gasteiger partial charge in [0, 0.05) is 31.8 Å². The second-order valence-electron chi connectivity index (χ2n) is 6.27. The normalized spacial score (nSPS) is 30.0. The lowest BCUT2D eigenvalue weighted by molar-refractivity contribution is 0.0442. The smallest absolute Gasteiger partial charge is 0.0469 e. The molecule has 0 bridgehead atoms. The quantitative estimate of drug-likeness (QED) is 0.837. The topological polar surface area (TPSA) is 38.5 Å². The summed E-state index contributed by atoms with van der Waals surface area (Å²) in [6.45, 7) is 6.65. The Balaban J connectivity index is 1.87. The fourth-order valence-electron chi connectivity index (χ4n) is 3.43. The summed E-state index contributed by atoms with van der Waals surface area (Å²) in [5, 5.41) is 0. The van der Waals surface area contributed by atoms with Crippen molar-refractivity contribution in [2.24, 2.45) is 11.7 Å². The van der Waals surface area contributed by atoms with Crippen LogP contribution in [0.4, 0.5) is 0 Å². The van der Waals surface area contributed by atoms with Crippen LogP contribution in [0.1, 0.15) is 51.9 Å². The zero-order valence-corrected chi connectivity index (χ0v) is 11.9. The highest BCUT2D eigenvalue weighted by Crippen LogP contribution is 2.24. The molecule has 0 saturated carbocycles. The van der Waals surface area contributed by atoms with Gasteiger partial charge in [0.1, 0.15) is 0 Å². The van der Waals surface area contributed by atoms with Crippen molar-refractivity contribution in [3.63, 3.8) is 0 Å². The number of nitrogens with two attached hydrogens (primary N) is 1. The van der Waals surface area contributed by atoms with E-state index >= 15 is 0 Å². The summed E-state index contributed by atoms with van der Waals surface area (Å²) in [7, 11) is 0. The van der Waals surface area contributed by atoms with Crippen LogP contribution in [-0.4, -0.2) is 43.3 Å². The Kier molecular flexibility index (Phi) is 5.93. The van der Waals surface area contributed by atoms with Crippen LogP contribution in [0.3, 0.4) is 0 Å². The minimum atomic E-state index is 0.338. The van der Waals surface area contributed by atoms with Crippen molar-refractivity contribution >= 4 is 0 Å². The van der Waals surface area contributed by atoms with Gasteiger partial charge in [-0.25, -0.2) is 0 Å². The number of rotatable bonds is 4. The van der Waals surface area contributed by atoms with E-state index in [-0.39, 0.29) is 0 Å². The van der Waals surface area contributed by atoms with Gasteiger partial charge in [-0.3, -0.25) is 0 Å². The number of hydrogen-bond acceptors (Lipinski definition) is 3. The zero-order chi connectivity index (χ0) is 12.8. The lowest BCUT2D eigenvalue weighted by Gasteiger charge is -2.35. The van der Waals surface area contributed by atoms with Crippen molar-refractivity contribution in [2.75, 3.05) is 26.3 Å². The molecule has 2 heterocycles. The molecule has 0 amide bonds. The maximum absolute atomic E-state index is 6.02. The molecular weight excluding hydrogens is 224 g/mol. The molecule has 0 aliphatic carbocycles. The third-order valence-electron chi connectivity index (χ3n) is 4.48. The lowest BCUT2D eigenvalue weighted by Crippen LogP contribution is -2.42. The molecule has 2 aliphatic rings. The molecule has 18 heavy (non-hydrogen) atoms. The minimum absolute atomic E-state index is 0.338. The number of ether oxygens (including phenoxy) is 1. The molecule has 2 atom stereocenters. The number of nitrogens with zero attached hydrogens (tertiary/aromatic N) is 1. The monoisotopic (exact) mass is 254 g/mol. The first kappa shape index (κ1) is 14.3. The van der Waals surface area contributed by atoms with Gasteiger partial charge < -0.3 is 15.4 Å². The molecule has 3 nitrogen and oxygen atoms in total. The van der Waals surface area contributed by atoms with Gasteiger partial charge in [-0.15, -0.1) is 0 Å². The van der Waals surface area contributed by atoms with E-state index in [1.807, 2.05) is 0 Å². The fraction of sp³-hybridized carbons (Fsp3) is 1.00. The summed E-state index contributed by atoms with van der Waals surface area (Å²) >= 11 is 0. The molecule has 0 radical (unpaired) electrons. The third kappa shape index (κ3) is 4.52. The molecule has 2 N–H and O–H groups in total. The van der Waals surface area contributed by atoms with Gasteiger partial charge in [0.15, 0.2) is 0 Å². The highest BCUT2D eigenvalue weighted by Gasteiger charge is 2.25. The predicted molar refractivity (Wildman–Crippen MR) is 75.6 cm³/mol. The van der Waals surface area contributed by atoms with Crippen molar-refractivity contribution in [1.82, 2.24) is 4.90 Å². The van der Waals surface area contributed by atoms with E-state index in [1.54, 1.807) is 0 Å². The van der Waals surface area contributed by atoms with Gasteiger partial charge in [0.25, 0.3) is 0 Å². The Morgan fingerprint density at radius 2 is 1.94 bits per heavy atom. The molecule has 3 heteroatoms. The van der Waals surface area contributed by atoms with E-state index in [0.717, 1.165) is 25.2 Å². The Hall–Kier alpha value is -0.120. The fourth-order valence-corrected chi connectivity index (χ4v) is 3.43. The standard InChI is InChI=1S/C15H30N2O/c1-13(16)11-15-5-3-2-4-8-17(15)12-14-6-9-18-10-7-14/h13-15H,2-12,16H2,1H3. The SMILES string of the molecule is CC(N)CC1CCCCCN1CC1CCOCC1. The molecule has 0 aromatic carbocycles. The van der Waals surface area contributed by atoms with Crippen molar-refractivity contribution in [3.05, 3.63) is 0 Å². The third-order valence-corrected chi connectivity index (χ3v) is 4.48. The Bertz CT molecular complexity index is 227. The van der Waals surface area contributed by atoms with Crippen LogP contribution >= 0.6 is 0 Å². The van der Waals surface area contributed by atoms with Crippen LogP contribution in [-0.2, 0) is 4.74 Å². The molecule has 106 valence electrons. The molecule has 0 aromatic heterocycles. The van der Waals surface area contributed by atoms with Gasteiger partial charge in [-0.1, -0.05) is 12.8 Å². The van der Waals surface area contributed by atoms with Gasteiger partial charge in [-0.2, -0.15) is 0 Å². The predicted octanol–water partition coefficient (Wildman–Crippen LogP) is 2.39. The molecule has 2 aliphatic heterocycles. The minimum Gasteiger partial charge on any atom is -0.381 e. The number of likely N-dealkylation sites (tertiary alicyclic amines) is 1. The van der Waals surface area contributed by atoms with Crippen molar-refractivity contribution in [3.8, 4) is 0 Å². The molecule has 0 spiro atoms. The Morgan fingerprint density at radius 1 is 1.17 bits per heavy atom. The van der Waals surface area contributed by atoms with E-state index in [4.69, 9.17) is 10.5 Å². The van der Waals surface area contributed by atoms with Crippen LogP contribution in [0.5, 0.6) is 0 Å². The summed E-state index contributed by atoms with van der Waals surface area (Å²) in [5.74, 6) is 0.854. The highest BCUT2D eigenvalue weighted by atomic mass is 16.5. The van der Waals surface area contributed by atoms with Gasteiger partial charge in [0.2, 0.25) is 0 Å². The molecule has 2 saturated heterocycles. The molecular formula is C15H30N2O. The van der Waals surface area contributed by atoms with Crippen LogP contribution < -0.4 is 5.73 Å². The van der Waals surface area contributed by atoms with Crippen molar-refractivity contribution in [1.29, 1.82) is 0 Å². The lowest BCUT2D eigenvalue weighted by atomic mass is 9.97. The van der Waals surface area contributed by atoms with Crippen molar-refractivity contribution in [2.45, 2.75) is 64.0 Å². The Morgan fingerprint density at radius 3 is 2.67 bits per heavy atom. The van der Waals surface area contributed by atoms with Gasteiger partial charge in [0.05, 0.1) is 0 Å². The van der Waals surface area contributed by atoms with E-state index < -0.39 is 0 Å². The van der Waals surface area contributed by atoms with E-state index in [1.165, 1.54) is 58.0 Å². The first-order chi connectivity index (χ1) is 8.75. The molecule has 2 rings (SSSR count). The summed E-state index contributed by atoms with van der Waals surface area (Å²) < 4.78 is 5.47. The summed E-state index contributed by atoms with van der Waals surface area (Å²) in [5.41, 5.74) is 6.02. The highest BCUT2D eigenvalue weighted by molar-refractivity contribution is 4.80. The zero-order valence-electron chi connectivity index (χ0n) is 11.9. The van der Waals surface area contributed by atoms with Crippen molar-refractivity contribution < 1.29 is 4.74 Å². The molecule has 2 fully saturated rings. The second-order valence-corrected chi connectivity index (χ2v) is 6.27.